The van der Waals surface area contributed by atoms with Crippen molar-refractivity contribution in [1.82, 2.24) is 4.90 Å². The molecule has 0 saturated heterocycles. The molecule has 0 heterocycles. The van der Waals surface area contributed by atoms with Crippen molar-refractivity contribution >= 4 is 17.2 Å². The second-order valence-electron chi connectivity index (χ2n) is 3.67. The van der Waals surface area contributed by atoms with Crippen LogP contribution in [0.4, 0.5) is 8.78 Å². The largest absolute Gasteiger partial charge is 0.395 e. The Morgan fingerprint density at radius 3 is 2.65 bits per heavy atom. The minimum Gasteiger partial charge on any atom is -0.395 e. The van der Waals surface area contributed by atoms with Crippen molar-refractivity contribution in [2.75, 3.05) is 20.2 Å². The Kier molecular flexibility index (Phi) is 4.92. The number of nitrogens with two attached hydrogens (primary N) is 1. The number of aliphatic hydroxyl groups excluding tert-OH is 1. The van der Waals surface area contributed by atoms with Crippen LogP contribution < -0.4 is 5.73 Å². The molecule has 1 rings (SSSR count). The molecule has 1 aromatic carbocycles. The van der Waals surface area contributed by atoms with Gasteiger partial charge < -0.3 is 10.8 Å². The Hall–Kier alpha value is -1.11. The van der Waals surface area contributed by atoms with Crippen LogP contribution in [0, 0.1) is 11.6 Å². The van der Waals surface area contributed by atoms with Crippen molar-refractivity contribution < 1.29 is 13.9 Å². The van der Waals surface area contributed by atoms with Crippen molar-refractivity contribution in [2.24, 2.45) is 5.73 Å². The Morgan fingerprint density at radius 1 is 1.53 bits per heavy atom. The summed E-state index contributed by atoms with van der Waals surface area (Å²) in [6.07, 6.45) is 0. The Morgan fingerprint density at radius 2 is 2.18 bits per heavy atom. The average Bonchev–Trinajstić information content (AvgIpc) is 2.21. The summed E-state index contributed by atoms with van der Waals surface area (Å²) in [6.45, 7) is 0.192. The molecule has 3 nitrogen and oxygen atoms in total. The smallest absolute Gasteiger partial charge is 0.131 e. The fourth-order valence-corrected chi connectivity index (χ4v) is 1.92. The Labute approximate surface area is 104 Å². The van der Waals surface area contributed by atoms with Gasteiger partial charge in [0.15, 0.2) is 0 Å². The van der Waals surface area contributed by atoms with Crippen molar-refractivity contribution in [1.29, 1.82) is 0 Å². The van der Waals surface area contributed by atoms with Crippen molar-refractivity contribution in [3.63, 3.8) is 0 Å². The highest BCUT2D eigenvalue weighted by Crippen LogP contribution is 2.23. The molecule has 0 amide bonds. The standard InChI is InChI=1S/C11H14F2N2OS/c1-15(4-5-16)10(11(14)17)8-3-2-7(12)6-9(8)13/h2-3,6,10,16H,4-5H2,1H3,(H2,14,17). The molecule has 1 aromatic rings. The van der Waals surface area contributed by atoms with E-state index in [0.29, 0.717) is 6.54 Å². The molecule has 3 N–H and O–H groups in total. The quantitative estimate of drug-likeness (QED) is 0.782. The fraction of sp³-hybridized carbons (Fsp3) is 0.364. The van der Waals surface area contributed by atoms with Gasteiger partial charge in [0.25, 0.3) is 0 Å². The van der Waals surface area contributed by atoms with E-state index >= 15 is 0 Å². The first-order valence-corrected chi connectivity index (χ1v) is 5.43. The summed E-state index contributed by atoms with van der Waals surface area (Å²) in [5.74, 6) is -1.36. The fourth-order valence-electron chi connectivity index (χ4n) is 1.62. The Bertz CT molecular complexity index is 414. The second-order valence-corrected chi connectivity index (χ2v) is 4.15. The van der Waals surface area contributed by atoms with E-state index in [2.05, 4.69) is 0 Å². The van der Waals surface area contributed by atoms with E-state index in [-0.39, 0.29) is 17.2 Å². The SMILES string of the molecule is CN(CCO)C(C(N)=S)c1ccc(F)cc1F. The summed E-state index contributed by atoms with van der Waals surface area (Å²) >= 11 is 4.88. The summed E-state index contributed by atoms with van der Waals surface area (Å²) in [5, 5.41) is 8.85. The molecule has 1 unspecified atom stereocenters. The number of halogens is 2. The summed E-state index contributed by atoms with van der Waals surface area (Å²) in [5.41, 5.74) is 5.76. The predicted octanol–water partition coefficient (Wildman–Crippen LogP) is 1.22. The summed E-state index contributed by atoms with van der Waals surface area (Å²) in [4.78, 5) is 1.69. The number of likely N-dealkylation sites (N-methyl/N-ethyl adjacent to an activating group) is 1. The van der Waals surface area contributed by atoms with Crippen LogP contribution >= 0.6 is 12.2 Å². The van der Waals surface area contributed by atoms with Crippen LogP contribution in [0.15, 0.2) is 18.2 Å². The molecule has 6 heteroatoms. The lowest BCUT2D eigenvalue weighted by atomic mass is 10.0. The maximum absolute atomic E-state index is 13.6. The number of hydrogen-bond acceptors (Lipinski definition) is 3. The van der Waals surface area contributed by atoms with Gasteiger partial charge in [-0.15, -0.1) is 0 Å². The van der Waals surface area contributed by atoms with E-state index < -0.39 is 17.7 Å². The van der Waals surface area contributed by atoms with E-state index in [4.69, 9.17) is 23.1 Å². The molecule has 0 aromatic heterocycles. The van der Waals surface area contributed by atoms with E-state index in [1.54, 1.807) is 11.9 Å². The molecule has 0 aliphatic heterocycles. The van der Waals surface area contributed by atoms with Gasteiger partial charge in [0.05, 0.1) is 17.6 Å². The average molecular weight is 260 g/mol. The molecule has 0 bridgehead atoms. The number of benzene rings is 1. The van der Waals surface area contributed by atoms with E-state index in [1.165, 1.54) is 6.07 Å². The van der Waals surface area contributed by atoms with Crippen molar-refractivity contribution in [3.05, 3.63) is 35.4 Å². The van der Waals surface area contributed by atoms with E-state index in [9.17, 15) is 8.78 Å². The molecule has 0 saturated carbocycles. The molecule has 0 aliphatic rings. The molecule has 0 aliphatic carbocycles. The highest BCUT2D eigenvalue weighted by Gasteiger charge is 2.23. The highest BCUT2D eigenvalue weighted by atomic mass is 32.1. The van der Waals surface area contributed by atoms with Gasteiger partial charge in [-0.3, -0.25) is 4.90 Å². The molecule has 0 spiro atoms. The number of rotatable bonds is 5. The van der Waals surface area contributed by atoms with Crippen LogP contribution in [0.3, 0.4) is 0 Å². The summed E-state index contributed by atoms with van der Waals surface area (Å²) < 4.78 is 26.4. The lowest BCUT2D eigenvalue weighted by Crippen LogP contribution is -2.36. The number of hydrogen-bond donors (Lipinski definition) is 2. The van der Waals surface area contributed by atoms with Crippen LogP contribution in [-0.2, 0) is 0 Å². The molecular formula is C11H14F2N2OS. The summed E-state index contributed by atoms with van der Waals surface area (Å²) in [6, 6.07) is 2.59. The molecule has 17 heavy (non-hydrogen) atoms. The van der Waals surface area contributed by atoms with Crippen LogP contribution in [0.5, 0.6) is 0 Å². The maximum Gasteiger partial charge on any atom is 0.131 e. The zero-order valence-corrected chi connectivity index (χ0v) is 10.2. The minimum atomic E-state index is -0.701. The first kappa shape index (κ1) is 14.0. The van der Waals surface area contributed by atoms with Crippen LogP contribution in [-0.4, -0.2) is 35.2 Å². The second kappa shape index (κ2) is 6.00. The monoisotopic (exact) mass is 260 g/mol. The molecule has 0 fully saturated rings. The van der Waals surface area contributed by atoms with Crippen LogP contribution in [0.25, 0.3) is 0 Å². The van der Waals surface area contributed by atoms with Gasteiger partial charge in [0.1, 0.15) is 11.6 Å². The number of nitrogens with zero attached hydrogens (tertiary/aromatic N) is 1. The highest BCUT2D eigenvalue weighted by molar-refractivity contribution is 7.80. The van der Waals surface area contributed by atoms with Gasteiger partial charge in [0, 0.05) is 18.2 Å². The van der Waals surface area contributed by atoms with Crippen molar-refractivity contribution in [3.8, 4) is 0 Å². The zero-order chi connectivity index (χ0) is 13.0. The molecular weight excluding hydrogens is 246 g/mol. The third kappa shape index (κ3) is 3.42. The lowest BCUT2D eigenvalue weighted by molar-refractivity contribution is 0.205. The van der Waals surface area contributed by atoms with Gasteiger partial charge >= 0.3 is 0 Å². The van der Waals surface area contributed by atoms with Gasteiger partial charge in [-0.25, -0.2) is 8.78 Å². The molecule has 94 valence electrons. The normalized spacial score (nSPS) is 12.8. The number of thiocarbonyl (C=S) groups is 1. The van der Waals surface area contributed by atoms with E-state index in [1.807, 2.05) is 0 Å². The topological polar surface area (TPSA) is 49.5 Å². The minimum absolute atomic E-state index is 0.0754. The zero-order valence-electron chi connectivity index (χ0n) is 9.36. The van der Waals surface area contributed by atoms with Gasteiger partial charge in [-0.1, -0.05) is 18.3 Å². The first-order chi connectivity index (χ1) is 7.97. The van der Waals surface area contributed by atoms with Gasteiger partial charge in [0.2, 0.25) is 0 Å². The van der Waals surface area contributed by atoms with Gasteiger partial charge in [-0.2, -0.15) is 0 Å². The molecule has 0 radical (unpaired) electrons. The third-order valence-electron chi connectivity index (χ3n) is 2.42. The van der Waals surface area contributed by atoms with E-state index in [0.717, 1.165) is 12.1 Å². The predicted molar refractivity (Wildman–Crippen MR) is 65.6 cm³/mol. The van der Waals surface area contributed by atoms with Crippen molar-refractivity contribution in [2.45, 2.75) is 6.04 Å². The Balaban J connectivity index is 3.09. The summed E-state index contributed by atoms with van der Waals surface area (Å²) in [7, 11) is 1.66. The number of aliphatic hydroxyl groups is 1. The first-order valence-electron chi connectivity index (χ1n) is 5.02. The lowest BCUT2D eigenvalue weighted by Gasteiger charge is -2.27. The maximum atomic E-state index is 13.6. The third-order valence-corrected chi connectivity index (χ3v) is 2.64. The molecule has 1 atom stereocenters. The van der Waals surface area contributed by atoms with Crippen LogP contribution in [0.1, 0.15) is 11.6 Å². The van der Waals surface area contributed by atoms with Crippen LogP contribution in [0.2, 0.25) is 0 Å². The van der Waals surface area contributed by atoms with Gasteiger partial charge in [-0.05, 0) is 13.1 Å².